The molecule has 0 aliphatic carbocycles. The molecule has 3 aromatic heterocycles. The zero-order valence-electron chi connectivity index (χ0n) is 63.5. The first-order valence-corrected chi connectivity index (χ1v) is 37.1. The molecule has 12 rings (SSSR count). The molecule has 9 heterocycles. The number of ether oxygens (including phenoxy) is 7. The van der Waals surface area contributed by atoms with Gasteiger partial charge in [-0.05, 0) is 176 Å². The maximum atomic E-state index is 13.5. The number of nitrogens with one attached hydrogen (secondary N) is 4. The summed E-state index contributed by atoms with van der Waals surface area (Å²) in [5.41, 5.74) is -0.751. The molecule has 33 heteroatoms. The molecular formula is C76H103ClN12O20. The van der Waals surface area contributed by atoms with Crippen molar-refractivity contribution in [2.45, 2.75) is 206 Å². The van der Waals surface area contributed by atoms with E-state index in [1.165, 1.54) is 19.8 Å². The van der Waals surface area contributed by atoms with Crippen molar-refractivity contribution in [3.8, 4) is 17.2 Å². The third-order valence-corrected chi connectivity index (χ3v) is 18.7. The summed E-state index contributed by atoms with van der Waals surface area (Å²) in [4.78, 5) is 151. The van der Waals surface area contributed by atoms with Gasteiger partial charge in [0.2, 0.25) is 35.4 Å². The third-order valence-electron chi connectivity index (χ3n) is 18.7. The second-order valence-corrected chi connectivity index (χ2v) is 29.3. The van der Waals surface area contributed by atoms with Gasteiger partial charge in [-0.15, -0.1) is 12.4 Å². The maximum Gasteiger partial charge on any atom is 0.410 e. The topological polar surface area (TPSA) is 401 Å². The van der Waals surface area contributed by atoms with Crippen molar-refractivity contribution in [2.75, 3.05) is 78.9 Å². The molecule has 0 spiro atoms. The fraction of sp³-hybridized carbons (Fsp3) is 0.579. The minimum absolute atomic E-state index is 0. The molecule has 6 aromatic rings. The average molecular weight is 1540 g/mol. The first-order chi connectivity index (χ1) is 51.5. The molecule has 3 atom stereocenters. The number of halogens is 1. The van der Waals surface area contributed by atoms with Crippen molar-refractivity contribution in [3.05, 3.63) is 103 Å². The zero-order chi connectivity index (χ0) is 78.0. The van der Waals surface area contributed by atoms with Gasteiger partial charge in [0.25, 0.3) is 16.7 Å². The number of piperidine rings is 6. The van der Waals surface area contributed by atoms with Gasteiger partial charge in [-0.1, -0.05) is 18.2 Å². The van der Waals surface area contributed by atoms with E-state index in [2.05, 4.69) is 36.2 Å². The molecule has 6 aliphatic heterocycles. The molecular weight excluding hydrogens is 1440 g/mol. The van der Waals surface area contributed by atoms with Crippen LogP contribution in [0.1, 0.15) is 173 Å². The molecule has 8 amide bonds. The number of likely N-dealkylation sites (tertiary alicyclic amines) is 2. The van der Waals surface area contributed by atoms with Crippen molar-refractivity contribution < 1.29 is 81.7 Å². The Labute approximate surface area is 637 Å². The smallest absolute Gasteiger partial charge is 0.410 e. The number of hydrogen-bond donors (Lipinski definition) is 6. The molecule has 3 unspecified atom stereocenters. The van der Waals surface area contributed by atoms with E-state index < -0.39 is 52.6 Å². The Hall–Kier alpha value is -9.47. The van der Waals surface area contributed by atoms with Gasteiger partial charge in [0, 0.05) is 71.5 Å². The highest BCUT2D eigenvalue weighted by molar-refractivity contribution is 6.01. The summed E-state index contributed by atoms with van der Waals surface area (Å²) in [5.74, 6) is -0.646. The summed E-state index contributed by atoms with van der Waals surface area (Å²) in [6.07, 6.45) is 8.53. The van der Waals surface area contributed by atoms with E-state index >= 15 is 0 Å². The van der Waals surface area contributed by atoms with Gasteiger partial charge < -0.3 is 58.5 Å². The van der Waals surface area contributed by atoms with E-state index in [9.17, 15) is 57.8 Å². The highest BCUT2D eigenvalue weighted by Gasteiger charge is 2.35. The predicted molar refractivity (Wildman–Crippen MR) is 403 cm³/mol. The minimum Gasteiger partial charge on any atom is -0.507 e. The number of carbonyl (C=O) groups excluding carboxylic acids is 8. The number of phenols is 1. The molecule has 0 saturated carbocycles. The van der Waals surface area contributed by atoms with Crippen LogP contribution in [0.15, 0.2) is 69.0 Å². The van der Waals surface area contributed by atoms with Crippen molar-refractivity contribution >= 4 is 92.7 Å². The predicted octanol–water partition coefficient (Wildman–Crippen LogP) is 6.68. The number of benzene rings is 3. The van der Waals surface area contributed by atoms with Gasteiger partial charge in [-0.2, -0.15) is 0 Å². The van der Waals surface area contributed by atoms with Crippen LogP contribution in [0, 0.1) is 20.8 Å². The number of carbonyl (C=O) groups is 8. The van der Waals surface area contributed by atoms with Crippen LogP contribution in [0.3, 0.4) is 0 Å². The van der Waals surface area contributed by atoms with Crippen LogP contribution >= 0.6 is 12.4 Å². The van der Waals surface area contributed by atoms with Crippen LogP contribution in [0.25, 0.3) is 32.7 Å². The fourth-order valence-corrected chi connectivity index (χ4v) is 13.4. The lowest BCUT2D eigenvalue weighted by Crippen LogP contribution is -2.45. The molecule has 109 heavy (non-hydrogen) atoms. The van der Waals surface area contributed by atoms with Crippen LogP contribution in [0.2, 0.25) is 0 Å². The largest absolute Gasteiger partial charge is 0.507 e. The van der Waals surface area contributed by atoms with Crippen molar-refractivity contribution in [1.29, 1.82) is 0 Å². The molecule has 6 aliphatic rings. The number of imide groups is 3. The summed E-state index contributed by atoms with van der Waals surface area (Å²) in [6.45, 7) is 23.3. The van der Waals surface area contributed by atoms with Crippen molar-refractivity contribution in [1.82, 2.24) is 59.7 Å². The Kier molecular flexibility index (Phi) is 30.7. The maximum absolute atomic E-state index is 13.5. The highest BCUT2D eigenvalue weighted by atomic mass is 35.5. The van der Waals surface area contributed by atoms with Crippen LogP contribution < -0.4 is 47.4 Å². The van der Waals surface area contributed by atoms with Gasteiger partial charge in [0.1, 0.15) is 80.2 Å². The molecule has 0 bridgehead atoms. The summed E-state index contributed by atoms with van der Waals surface area (Å²) >= 11 is 0. The van der Waals surface area contributed by atoms with Crippen LogP contribution in [0.4, 0.5) is 9.59 Å². The van der Waals surface area contributed by atoms with E-state index in [0.29, 0.717) is 141 Å². The monoisotopic (exact) mass is 1540 g/mol. The summed E-state index contributed by atoms with van der Waals surface area (Å²) < 4.78 is 44.1. The Balaban J connectivity index is 0.000000190. The van der Waals surface area contributed by atoms with Crippen molar-refractivity contribution in [3.63, 3.8) is 0 Å². The number of phenolic OH excluding ortho intramolecular Hbond substituents is 1. The van der Waals surface area contributed by atoms with E-state index in [4.69, 9.17) is 38.3 Å². The van der Waals surface area contributed by atoms with Crippen molar-refractivity contribution in [2.24, 2.45) is 0 Å². The first kappa shape index (κ1) is 85.1. The number of rotatable bonds is 19. The first-order valence-electron chi connectivity index (χ1n) is 37.1. The summed E-state index contributed by atoms with van der Waals surface area (Å²) in [6, 6.07) is 12.8. The van der Waals surface area contributed by atoms with Gasteiger partial charge in [0.05, 0.1) is 61.3 Å². The molecule has 0 radical (unpaired) electrons. The van der Waals surface area contributed by atoms with Crippen LogP contribution in [-0.2, 0) is 52.5 Å². The van der Waals surface area contributed by atoms with E-state index in [0.717, 1.165) is 51.6 Å². The molecule has 6 saturated heterocycles. The highest BCUT2D eigenvalue weighted by Crippen LogP contribution is 2.30. The Morgan fingerprint density at radius 2 is 0.789 bits per heavy atom. The quantitative estimate of drug-likeness (QED) is 0.0363. The molecule has 3 aromatic carbocycles. The Bertz CT molecular complexity index is 4420. The van der Waals surface area contributed by atoms with E-state index in [-0.39, 0.29) is 122 Å². The number of aliphatic hydroxyl groups excluding tert-OH is 1. The third kappa shape index (κ3) is 23.3. The standard InChI is InChI=1S/C27H36N4O7.C22H28N4O5.C14H13N3O4.C13H25NO4.ClH/c1-17-28-19-7-5-8-21(23(19)25(34)31(17)20-9-10-22(32)29-24(20)33)37-16-6-15-36-18-11-13-30(14-12-18)26(35)38-27(2,3)4;1-14-24-16-4-2-5-18(31-13-3-12-30-15-8-10-23-11-9-15)20(16)22(29)26(14)17-6-7-19(27)25-21(17)28;1-7-15-8-3-2-4-10(18)12(8)14(21)17(7)9-5-6-11(19)16-13(9)20;1-13(2,3)18-12(16)14-7-5-11(6-8-14)17-10-4-9-15;/h5,7-8,18,20H,6,9-16H2,1-4H3,(H,29,32,33);2,4-5,15,17,23H,3,6-13H2,1H3,(H,25,27,28);2-4,9,18H,5-6H2,1H3,(H,16,19,20);11,15H,4-10H2,1-3H3;1H. The number of fused-ring (bicyclic) bond motifs is 3. The lowest BCUT2D eigenvalue weighted by atomic mass is 10.1. The second-order valence-electron chi connectivity index (χ2n) is 29.3. The number of aryl methyl sites for hydroxylation is 3. The van der Waals surface area contributed by atoms with Crippen LogP contribution in [0.5, 0.6) is 17.2 Å². The number of nitrogens with zero attached hydrogens (tertiary/aromatic N) is 8. The van der Waals surface area contributed by atoms with Gasteiger partial charge in [-0.25, -0.2) is 24.5 Å². The lowest BCUT2D eigenvalue weighted by molar-refractivity contribution is -0.137. The minimum atomic E-state index is -0.791. The molecule has 594 valence electrons. The number of aromatic nitrogens is 6. The number of amides is 8. The number of hydrogen-bond acceptors (Lipinski definition) is 24. The van der Waals surface area contributed by atoms with Gasteiger partial charge in [0.15, 0.2) is 0 Å². The molecule has 6 N–H and O–H groups in total. The lowest BCUT2D eigenvalue weighted by Gasteiger charge is -2.33. The number of aromatic hydroxyl groups is 1. The van der Waals surface area contributed by atoms with E-state index in [1.807, 2.05) is 41.5 Å². The molecule has 6 fully saturated rings. The SMILES string of the molecule is CC(C)(C)OC(=O)N1CCC(OCCCO)CC1.Cc1nc2cccc(O)c2c(=O)n1C1CCC(=O)NC1=O.Cc1nc2cccc(OCCCOC3CCN(C(=O)OC(C)(C)C)CC3)c2c(=O)n1C1CCC(=O)NC1=O.Cc1nc2cccc(OCCCOC3CCNCC3)c2c(=O)n1C1CCC(=O)NC1=O.Cl. The molecule has 32 nitrogen and oxygen atoms in total. The second kappa shape index (κ2) is 39.2. The Morgan fingerprint density at radius 3 is 1.14 bits per heavy atom. The summed E-state index contributed by atoms with van der Waals surface area (Å²) in [5, 5.41) is 29.4. The Morgan fingerprint density at radius 1 is 0.459 bits per heavy atom. The fourth-order valence-electron chi connectivity index (χ4n) is 13.4. The number of aliphatic hydroxyl groups is 1. The summed E-state index contributed by atoms with van der Waals surface area (Å²) in [7, 11) is 0. The van der Waals surface area contributed by atoms with Gasteiger partial charge >= 0.3 is 12.2 Å². The zero-order valence-corrected chi connectivity index (χ0v) is 64.3. The van der Waals surface area contributed by atoms with E-state index in [1.54, 1.807) is 79.1 Å². The average Bonchev–Trinajstić information content (AvgIpc) is 0.774. The normalized spacial score (nSPS) is 18.9. The van der Waals surface area contributed by atoms with Gasteiger partial charge in [-0.3, -0.25) is 72.8 Å². The van der Waals surface area contributed by atoms with Crippen LogP contribution in [-0.4, -0.2) is 205 Å².